The molecule has 2 N–H and O–H groups in total. The molecule has 116 valence electrons. The lowest BCUT2D eigenvalue weighted by atomic mass is 10.2. The smallest absolute Gasteiger partial charge is 0.238 e. The monoisotopic (exact) mass is 289 g/mol. The Labute approximate surface area is 127 Å². The van der Waals surface area contributed by atoms with Crippen LogP contribution in [-0.4, -0.2) is 43.0 Å². The summed E-state index contributed by atoms with van der Waals surface area (Å²) in [6, 6.07) is 10.2. The molecule has 1 heterocycles. The summed E-state index contributed by atoms with van der Waals surface area (Å²) >= 11 is 0. The highest BCUT2D eigenvalue weighted by molar-refractivity contribution is 5.92. The molecule has 2 rings (SSSR count). The average Bonchev–Trinajstić information content (AvgIpc) is 2.98. The number of para-hydroxylation sites is 1. The Kier molecular flexibility index (Phi) is 6.70. The van der Waals surface area contributed by atoms with Crippen LogP contribution < -0.4 is 10.6 Å². The molecule has 1 aliphatic heterocycles. The van der Waals surface area contributed by atoms with Gasteiger partial charge in [-0.15, -0.1) is 0 Å². The Bertz CT molecular complexity index is 415. The Morgan fingerprint density at radius 1 is 1.38 bits per heavy atom. The number of anilines is 1. The van der Waals surface area contributed by atoms with E-state index in [0.717, 1.165) is 38.2 Å². The maximum Gasteiger partial charge on any atom is 0.238 e. The first kappa shape index (κ1) is 16.0. The maximum absolute atomic E-state index is 12.2. The Morgan fingerprint density at radius 3 is 2.86 bits per heavy atom. The van der Waals surface area contributed by atoms with Crippen LogP contribution in [0.2, 0.25) is 0 Å². The fourth-order valence-corrected chi connectivity index (χ4v) is 2.77. The van der Waals surface area contributed by atoms with Crippen molar-refractivity contribution >= 4 is 11.6 Å². The van der Waals surface area contributed by atoms with Crippen molar-refractivity contribution < 1.29 is 4.79 Å². The summed E-state index contributed by atoms with van der Waals surface area (Å²) in [6.45, 7) is 5.75. The zero-order valence-electron chi connectivity index (χ0n) is 13.0. The molecule has 1 saturated heterocycles. The molecular weight excluding hydrogens is 262 g/mol. The first-order valence-electron chi connectivity index (χ1n) is 8.08. The number of amides is 1. The van der Waals surface area contributed by atoms with Crippen LogP contribution in [-0.2, 0) is 4.79 Å². The van der Waals surface area contributed by atoms with Gasteiger partial charge in [0.05, 0.1) is 6.54 Å². The fourth-order valence-electron chi connectivity index (χ4n) is 2.77. The summed E-state index contributed by atoms with van der Waals surface area (Å²) in [4.78, 5) is 14.5. The minimum atomic E-state index is 0.0790. The number of nitrogens with one attached hydrogen (secondary N) is 2. The normalized spacial score (nSPS) is 18.1. The molecule has 0 aliphatic carbocycles. The third-order valence-corrected chi connectivity index (χ3v) is 3.89. The fraction of sp³-hybridized carbons (Fsp3) is 0.588. The van der Waals surface area contributed by atoms with Crippen molar-refractivity contribution in [1.82, 2.24) is 10.2 Å². The summed E-state index contributed by atoms with van der Waals surface area (Å²) in [5.41, 5.74) is 0.872. The minimum absolute atomic E-state index is 0.0790. The van der Waals surface area contributed by atoms with Crippen LogP contribution in [0, 0.1) is 0 Å². The molecule has 0 bridgehead atoms. The second kappa shape index (κ2) is 8.80. The van der Waals surface area contributed by atoms with Crippen LogP contribution in [0.1, 0.15) is 32.6 Å². The highest BCUT2D eigenvalue weighted by Gasteiger charge is 2.19. The maximum atomic E-state index is 12.2. The molecule has 1 aromatic rings. The van der Waals surface area contributed by atoms with E-state index in [2.05, 4.69) is 22.5 Å². The Hall–Kier alpha value is -1.39. The molecule has 1 aromatic carbocycles. The van der Waals surface area contributed by atoms with Crippen molar-refractivity contribution in [2.45, 2.75) is 38.6 Å². The van der Waals surface area contributed by atoms with Crippen LogP contribution in [0.25, 0.3) is 0 Å². The van der Waals surface area contributed by atoms with Crippen LogP contribution in [0.5, 0.6) is 0 Å². The third-order valence-electron chi connectivity index (χ3n) is 3.89. The van der Waals surface area contributed by atoms with E-state index < -0.39 is 0 Å². The van der Waals surface area contributed by atoms with Gasteiger partial charge in [-0.2, -0.15) is 0 Å². The second-order valence-electron chi connectivity index (χ2n) is 5.80. The molecule has 21 heavy (non-hydrogen) atoms. The molecule has 0 aromatic heterocycles. The zero-order chi connectivity index (χ0) is 14.9. The van der Waals surface area contributed by atoms with Gasteiger partial charge in [0, 0.05) is 18.3 Å². The highest BCUT2D eigenvalue weighted by atomic mass is 16.2. The predicted molar refractivity (Wildman–Crippen MR) is 87.4 cm³/mol. The predicted octanol–water partition coefficient (Wildman–Crippen LogP) is 2.48. The van der Waals surface area contributed by atoms with Crippen LogP contribution in [0.4, 0.5) is 5.69 Å². The van der Waals surface area contributed by atoms with E-state index in [1.807, 2.05) is 30.3 Å². The van der Waals surface area contributed by atoms with Gasteiger partial charge in [0.2, 0.25) is 5.91 Å². The number of benzene rings is 1. The lowest BCUT2D eigenvalue weighted by Crippen LogP contribution is -2.42. The number of nitrogens with zero attached hydrogens (tertiary/aromatic N) is 1. The van der Waals surface area contributed by atoms with Crippen molar-refractivity contribution in [1.29, 1.82) is 0 Å². The van der Waals surface area contributed by atoms with E-state index >= 15 is 0 Å². The molecule has 1 aliphatic rings. The molecule has 0 saturated carbocycles. The van der Waals surface area contributed by atoms with Gasteiger partial charge in [0.1, 0.15) is 0 Å². The minimum Gasteiger partial charge on any atom is -0.325 e. The Balaban J connectivity index is 1.82. The summed E-state index contributed by atoms with van der Waals surface area (Å²) < 4.78 is 0. The van der Waals surface area contributed by atoms with E-state index in [-0.39, 0.29) is 5.91 Å². The van der Waals surface area contributed by atoms with Gasteiger partial charge in [0.15, 0.2) is 0 Å². The average molecular weight is 289 g/mol. The molecule has 1 fully saturated rings. The first-order valence-corrected chi connectivity index (χ1v) is 8.08. The van der Waals surface area contributed by atoms with Crippen LogP contribution >= 0.6 is 0 Å². The van der Waals surface area contributed by atoms with E-state index in [1.54, 1.807) is 0 Å². The van der Waals surface area contributed by atoms with Crippen LogP contribution in [0.15, 0.2) is 30.3 Å². The van der Waals surface area contributed by atoms with Gasteiger partial charge in [-0.3, -0.25) is 9.69 Å². The van der Waals surface area contributed by atoms with Gasteiger partial charge in [-0.25, -0.2) is 0 Å². The van der Waals surface area contributed by atoms with Crippen LogP contribution in [0.3, 0.4) is 0 Å². The first-order chi connectivity index (χ1) is 10.3. The quantitative estimate of drug-likeness (QED) is 0.773. The molecule has 0 spiro atoms. The van der Waals surface area contributed by atoms with Crippen molar-refractivity contribution in [2.24, 2.45) is 0 Å². The highest BCUT2D eigenvalue weighted by Crippen LogP contribution is 2.09. The van der Waals surface area contributed by atoms with E-state index in [0.29, 0.717) is 12.6 Å². The lowest BCUT2D eigenvalue weighted by Gasteiger charge is -2.25. The molecule has 4 heteroatoms. The second-order valence-corrected chi connectivity index (χ2v) is 5.80. The Morgan fingerprint density at radius 2 is 2.19 bits per heavy atom. The van der Waals surface area contributed by atoms with E-state index in [1.165, 1.54) is 12.8 Å². The number of hydrogen-bond acceptors (Lipinski definition) is 3. The molecule has 0 radical (unpaired) electrons. The topological polar surface area (TPSA) is 44.4 Å². The number of hydrogen-bond donors (Lipinski definition) is 2. The summed E-state index contributed by atoms with van der Waals surface area (Å²) in [5, 5.41) is 6.49. The number of rotatable bonds is 8. The number of carbonyl (C=O) groups excluding carboxylic acids is 1. The number of unbranched alkanes of at least 4 members (excludes halogenated alkanes) is 1. The van der Waals surface area contributed by atoms with Crippen molar-refractivity contribution in [3.8, 4) is 0 Å². The molecule has 4 nitrogen and oxygen atoms in total. The van der Waals surface area contributed by atoms with Crippen molar-refractivity contribution in [3.05, 3.63) is 30.3 Å². The molecule has 1 unspecified atom stereocenters. The van der Waals surface area contributed by atoms with E-state index in [4.69, 9.17) is 0 Å². The van der Waals surface area contributed by atoms with Crippen molar-refractivity contribution in [2.75, 3.05) is 31.5 Å². The van der Waals surface area contributed by atoms with Gasteiger partial charge in [-0.05, 0) is 44.5 Å². The summed E-state index contributed by atoms with van der Waals surface area (Å²) in [7, 11) is 0. The summed E-state index contributed by atoms with van der Waals surface area (Å²) in [5.74, 6) is 0.0790. The summed E-state index contributed by atoms with van der Waals surface area (Å²) in [6.07, 6.45) is 4.78. The van der Waals surface area contributed by atoms with Gasteiger partial charge in [-0.1, -0.05) is 31.5 Å². The van der Waals surface area contributed by atoms with Crippen molar-refractivity contribution in [3.63, 3.8) is 0 Å². The molecule has 1 atom stereocenters. The standard InChI is InChI=1S/C17H27N3O/c1-2-3-12-20(13-16-10-7-11-18-16)14-17(21)19-15-8-5-4-6-9-15/h4-6,8-9,16,18H,2-3,7,10-14H2,1H3,(H,19,21). The zero-order valence-corrected chi connectivity index (χ0v) is 13.0. The lowest BCUT2D eigenvalue weighted by molar-refractivity contribution is -0.117. The largest absolute Gasteiger partial charge is 0.325 e. The molecular formula is C17H27N3O. The number of carbonyl (C=O) groups is 1. The van der Waals surface area contributed by atoms with Gasteiger partial charge >= 0.3 is 0 Å². The SMILES string of the molecule is CCCCN(CC(=O)Nc1ccccc1)CC1CCCN1. The van der Waals surface area contributed by atoms with Gasteiger partial charge in [0.25, 0.3) is 0 Å². The molecule has 1 amide bonds. The van der Waals surface area contributed by atoms with Gasteiger partial charge < -0.3 is 10.6 Å². The third kappa shape index (κ3) is 5.86. The van der Waals surface area contributed by atoms with E-state index in [9.17, 15) is 4.79 Å².